The van der Waals surface area contributed by atoms with Crippen LogP contribution in [0.4, 0.5) is 0 Å². The minimum absolute atomic E-state index is 0.177. The normalized spacial score (nSPS) is 12.6. The van der Waals surface area contributed by atoms with Gasteiger partial charge in [-0.25, -0.2) is 0 Å². The second-order valence-corrected chi connectivity index (χ2v) is 4.36. The first-order valence-corrected chi connectivity index (χ1v) is 6.12. The van der Waals surface area contributed by atoms with E-state index < -0.39 is 0 Å². The summed E-state index contributed by atoms with van der Waals surface area (Å²) >= 11 is 0. The third-order valence-electron chi connectivity index (χ3n) is 2.83. The highest BCUT2D eigenvalue weighted by Crippen LogP contribution is 2.16. The maximum atomic E-state index is 9.23. The first-order valence-electron chi connectivity index (χ1n) is 6.12. The van der Waals surface area contributed by atoms with Gasteiger partial charge in [0.15, 0.2) is 0 Å². The minimum atomic E-state index is -0.177. The van der Waals surface area contributed by atoms with E-state index in [0.717, 1.165) is 24.4 Å². The maximum absolute atomic E-state index is 9.23. The van der Waals surface area contributed by atoms with Gasteiger partial charge in [0.25, 0.3) is 0 Å². The predicted octanol–water partition coefficient (Wildman–Crippen LogP) is 1.64. The zero-order chi connectivity index (χ0) is 13.0. The lowest BCUT2D eigenvalue weighted by molar-refractivity contribution is 0.475. The fourth-order valence-corrected chi connectivity index (χ4v) is 1.94. The van der Waals surface area contributed by atoms with Crippen molar-refractivity contribution in [2.45, 2.75) is 32.4 Å². The summed E-state index contributed by atoms with van der Waals surface area (Å²) in [6.45, 7) is 2.99. The Morgan fingerprint density at radius 1 is 1.33 bits per heavy atom. The molecule has 0 aliphatic carbocycles. The molecule has 96 valence electrons. The fourth-order valence-electron chi connectivity index (χ4n) is 1.94. The van der Waals surface area contributed by atoms with Gasteiger partial charge in [0.1, 0.15) is 17.9 Å². The molecule has 0 bridgehead atoms. The molecule has 0 amide bonds. The molecule has 3 N–H and O–H groups in total. The summed E-state index contributed by atoms with van der Waals surface area (Å²) in [4.78, 5) is 0. The summed E-state index contributed by atoms with van der Waals surface area (Å²) in [5, 5.41) is 17.2. The highest BCUT2D eigenvalue weighted by molar-refractivity contribution is 5.26. The number of hydrogen-bond donors (Lipinski definition) is 2. The molecular weight excluding hydrogens is 228 g/mol. The van der Waals surface area contributed by atoms with Crippen molar-refractivity contribution in [2.75, 3.05) is 0 Å². The maximum Gasteiger partial charge on any atom is 0.150 e. The van der Waals surface area contributed by atoms with Gasteiger partial charge in [-0.2, -0.15) is 0 Å². The lowest BCUT2D eigenvalue weighted by atomic mass is 10.1. The lowest BCUT2D eigenvalue weighted by Crippen LogP contribution is -2.19. The van der Waals surface area contributed by atoms with Crippen LogP contribution < -0.4 is 5.73 Å². The van der Waals surface area contributed by atoms with Crippen LogP contribution in [0.3, 0.4) is 0 Å². The Bertz CT molecular complexity index is 492. The third kappa shape index (κ3) is 2.87. The van der Waals surface area contributed by atoms with E-state index in [-0.39, 0.29) is 11.8 Å². The molecule has 2 rings (SSSR count). The Morgan fingerprint density at radius 2 is 2.06 bits per heavy atom. The topological polar surface area (TPSA) is 77.0 Å². The molecule has 0 aliphatic heterocycles. The molecule has 0 spiro atoms. The van der Waals surface area contributed by atoms with Crippen LogP contribution in [0, 0.1) is 0 Å². The molecule has 1 heterocycles. The minimum Gasteiger partial charge on any atom is -0.508 e. The lowest BCUT2D eigenvalue weighted by Gasteiger charge is -2.12. The van der Waals surface area contributed by atoms with Gasteiger partial charge in [-0.1, -0.05) is 19.1 Å². The molecule has 5 nitrogen and oxygen atoms in total. The van der Waals surface area contributed by atoms with Crippen LogP contribution in [0.2, 0.25) is 0 Å². The number of phenols is 1. The first-order chi connectivity index (χ1) is 8.70. The van der Waals surface area contributed by atoms with Gasteiger partial charge < -0.3 is 15.4 Å². The number of aromatic nitrogens is 3. The van der Waals surface area contributed by atoms with Crippen LogP contribution in [-0.2, 0) is 13.0 Å². The van der Waals surface area contributed by atoms with E-state index in [1.54, 1.807) is 18.5 Å². The van der Waals surface area contributed by atoms with Crippen molar-refractivity contribution in [3.8, 4) is 5.75 Å². The number of aryl methyl sites for hydroxylation is 1. The van der Waals surface area contributed by atoms with Crippen LogP contribution in [-0.4, -0.2) is 19.9 Å². The van der Waals surface area contributed by atoms with Gasteiger partial charge in [-0.05, 0) is 30.5 Å². The highest BCUT2D eigenvalue weighted by atomic mass is 16.3. The number of nitrogens with zero attached hydrogens (tertiary/aromatic N) is 3. The predicted molar refractivity (Wildman–Crippen MR) is 69.1 cm³/mol. The summed E-state index contributed by atoms with van der Waals surface area (Å²) in [5.41, 5.74) is 7.23. The number of benzene rings is 1. The molecule has 0 radical (unpaired) electrons. The van der Waals surface area contributed by atoms with Crippen LogP contribution in [0.25, 0.3) is 0 Å². The highest BCUT2D eigenvalue weighted by Gasteiger charge is 2.13. The standard InChI is InChI=1S/C13H18N4O/c1-2-7-17-9-15-16-13(17)12(14)8-10-3-5-11(18)6-4-10/h3-6,9,12,18H,2,7-8,14H2,1H3. The van der Waals surface area contributed by atoms with Crippen LogP contribution >= 0.6 is 0 Å². The van der Waals surface area contributed by atoms with E-state index in [0.29, 0.717) is 6.42 Å². The van der Waals surface area contributed by atoms with Gasteiger partial charge in [-0.15, -0.1) is 10.2 Å². The van der Waals surface area contributed by atoms with Gasteiger partial charge in [0, 0.05) is 6.54 Å². The van der Waals surface area contributed by atoms with E-state index >= 15 is 0 Å². The molecule has 0 saturated carbocycles. The quantitative estimate of drug-likeness (QED) is 0.840. The van der Waals surface area contributed by atoms with Crippen LogP contribution in [0.15, 0.2) is 30.6 Å². The van der Waals surface area contributed by atoms with Crippen LogP contribution in [0.5, 0.6) is 5.75 Å². The van der Waals surface area contributed by atoms with Gasteiger partial charge >= 0.3 is 0 Å². The third-order valence-corrected chi connectivity index (χ3v) is 2.83. The number of phenolic OH excluding ortho intramolecular Hbond substituents is 1. The second-order valence-electron chi connectivity index (χ2n) is 4.36. The Kier molecular flexibility index (Phi) is 3.94. The van der Waals surface area contributed by atoms with Crippen molar-refractivity contribution in [2.24, 2.45) is 5.73 Å². The van der Waals surface area contributed by atoms with Crippen molar-refractivity contribution < 1.29 is 5.11 Å². The zero-order valence-electron chi connectivity index (χ0n) is 10.5. The molecule has 1 aromatic carbocycles. The van der Waals surface area contributed by atoms with Gasteiger partial charge in [-0.3, -0.25) is 0 Å². The SMILES string of the molecule is CCCn1cnnc1C(N)Cc1ccc(O)cc1. The molecule has 5 heteroatoms. The Morgan fingerprint density at radius 3 is 2.72 bits per heavy atom. The summed E-state index contributed by atoms with van der Waals surface area (Å²) in [6, 6.07) is 6.90. The molecular formula is C13H18N4O. The van der Waals surface area contributed by atoms with Gasteiger partial charge in [0.05, 0.1) is 6.04 Å². The van der Waals surface area contributed by atoms with E-state index in [9.17, 15) is 5.11 Å². The van der Waals surface area contributed by atoms with E-state index in [1.165, 1.54) is 0 Å². The molecule has 1 aromatic heterocycles. The Labute approximate surface area is 106 Å². The molecule has 0 aliphatic rings. The molecule has 1 atom stereocenters. The van der Waals surface area contributed by atoms with Crippen molar-refractivity contribution in [1.29, 1.82) is 0 Å². The molecule has 0 fully saturated rings. The summed E-state index contributed by atoms with van der Waals surface area (Å²) in [5.74, 6) is 1.08. The zero-order valence-corrected chi connectivity index (χ0v) is 10.5. The van der Waals surface area contributed by atoms with Crippen molar-refractivity contribution in [3.63, 3.8) is 0 Å². The Balaban J connectivity index is 2.09. The van der Waals surface area contributed by atoms with Crippen LogP contribution in [0.1, 0.15) is 30.8 Å². The van der Waals surface area contributed by atoms with E-state index in [2.05, 4.69) is 17.1 Å². The van der Waals surface area contributed by atoms with Crippen molar-refractivity contribution >= 4 is 0 Å². The van der Waals surface area contributed by atoms with Crippen molar-refractivity contribution in [3.05, 3.63) is 42.0 Å². The molecule has 1 unspecified atom stereocenters. The second kappa shape index (κ2) is 5.64. The summed E-state index contributed by atoms with van der Waals surface area (Å²) in [7, 11) is 0. The molecule has 0 saturated heterocycles. The number of hydrogen-bond acceptors (Lipinski definition) is 4. The average molecular weight is 246 g/mol. The van der Waals surface area contributed by atoms with E-state index in [4.69, 9.17) is 5.73 Å². The molecule has 2 aromatic rings. The average Bonchev–Trinajstić information content (AvgIpc) is 2.81. The van der Waals surface area contributed by atoms with Crippen molar-refractivity contribution in [1.82, 2.24) is 14.8 Å². The first kappa shape index (κ1) is 12.6. The number of aromatic hydroxyl groups is 1. The summed E-state index contributed by atoms with van der Waals surface area (Å²) < 4.78 is 1.99. The smallest absolute Gasteiger partial charge is 0.150 e. The van der Waals surface area contributed by atoms with E-state index in [1.807, 2.05) is 16.7 Å². The number of rotatable bonds is 5. The summed E-state index contributed by atoms with van der Waals surface area (Å²) in [6.07, 6.45) is 3.43. The Hall–Kier alpha value is -1.88. The largest absolute Gasteiger partial charge is 0.508 e. The molecule has 18 heavy (non-hydrogen) atoms. The fraction of sp³-hybridized carbons (Fsp3) is 0.385. The number of nitrogens with two attached hydrogens (primary N) is 1. The monoisotopic (exact) mass is 246 g/mol. The van der Waals surface area contributed by atoms with Gasteiger partial charge in [0.2, 0.25) is 0 Å².